The molecular weight excluding hydrogens is 282 g/mol. The maximum Gasteiger partial charge on any atom is 0.251 e. The molecule has 3 aliphatic rings. The minimum atomic E-state index is -1.41. The van der Waals surface area contributed by atoms with Gasteiger partial charge in [-0.05, 0) is 20.3 Å². The average Bonchev–Trinajstić information content (AvgIpc) is 2.86. The summed E-state index contributed by atoms with van der Waals surface area (Å²) in [5, 5.41) is 21.9. The van der Waals surface area contributed by atoms with Crippen molar-refractivity contribution < 1.29 is 34.0 Å². The number of methoxy groups -OCH3 is 1. The van der Waals surface area contributed by atoms with Gasteiger partial charge in [0.05, 0.1) is 12.1 Å². The lowest BCUT2D eigenvalue weighted by molar-refractivity contribution is -0.222. The number of aliphatic hydroxyl groups excluding tert-OH is 2. The molecule has 0 radical (unpaired) electrons. The van der Waals surface area contributed by atoms with Crippen molar-refractivity contribution in [1.29, 1.82) is 0 Å². The van der Waals surface area contributed by atoms with Crippen LogP contribution in [0, 0.1) is 0 Å². The Morgan fingerprint density at radius 2 is 2.00 bits per heavy atom. The van der Waals surface area contributed by atoms with Crippen LogP contribution in [-0.4, -0.2) is 71.9 Å². The van der Waals surface area contributed by atoms with Crippen LogP contribution in [0.3, 0.4) is 0 Å². The number of fused-ring (bicyclic) bond motifs is 1. The SMILES string of the molecule is CO[C@@H]1[C@H]2OC(C)(C)O[C@H]2O[C@@H]1[C@@H]1C[C@H](O)[C@H](O)C(=O)N1. The predicted octanol–water partition coefficient (Wildman–Crippen LogP) is -1.51. The van der Waals surface area contributed by atoms with Gasteiger partial charge >= 0.3 is 0 Å². The first-order valence-corrected chi connectivity index (χ1v) is 7.03. The molecule has 0 aromatic heterocycles. The van der Waals surface area contributed by atoms with Crippen LogP contribution in [0.4, 0.5) is 0 Å². The summed E-state index contributed by atoms with van der Waals surface area (Å²) < 4.78 is 22.7. The van der Waals surface area contributed by atoms with E-state index in [1.54, 1.807) is 13.8 Å². The third-order valence-corrected chi connectivity index (χ3v) is 4.15. The Balaban J connectivity index is 1.74. The smallest absolute Gasteiger partial charge is 0.251 e. The Morgan fingerprint density at radius 3 is 2.62 bits per heavy atom. The second-order valence-corrected chi connectivity index (χ2v) is 6.13. The van der Waals surface area contributed by atoms with Gasteiger partial charge in [-0.15, -0.1) is 0 Å². The molecule has 0 unspecified atom stereocenters. The number of ether oxygens (including phenoxy) is 4. The number of carbonyl (C=O) groups is 1. The van der Waals surface area contributed by atoms with E-state index in [1.807, 2.05) is 0 Å². The van der Waals surface area contributed by atoms with Crippen molar-refractivity contribution in [2.75, 3.05) is 7.11 Å². The molecule has 3 aliphatic heterocycles. The van der Waals surface area contributed by atoms with Crippen LogP contribution in [0.15, 0.2) is 0 Å². The van der Waals surface area contributed by atoms with Gasteiger partial charge in [-0.3, -0.25) is 4.79 Å². The van der Waals surface area contributed by atoms with Crippen LogP contribution >= 0.6 is 0 Å². The summed E-state index contributed by atoms with van der Waals surface area (Å²) in [7, 11) is 1.54. The first kappa shape index (κ1) is 15.1. The first-order valence-electron chi connectivity index (χ1n) is 7.03. The Hall–Kier alpha value is -0.770. The van der Waals surface area contributed by atoms with Gasteiger partial charge in [0.25, 0.3) is 5.91 Å². The van der Waals surface area contributed by atoms with Gasteiger partial charge in [0.15, 0.2) is 18.2 Å². The number of carbonyl (C=O) groups excluding carboxylic acids is 1. The molecule has 3 rings (SSSR count). The Kier molecular flexibility index (Phi) is 3.71. The van der Waals surface area contributed by atoms with Crippen molar-refractivity contribution in [3.05, 3.63) is 0 Å². The van der Waals surface area contributed by atoms with E-state index in [0.29, 0.717) is 0 Å². The van der Waals surface area contributed by atoms with Gasteiger partial charge in [-0.25, -0.2) is 0 Å². The van der Waals surface area contributed by atoms with Crippen LogP contribution in [0.2, 0.25) is 0 Å². The van der Waals surface area contributed by atoms with Gasteiger partial charge in [-0.2, -0.15) is 0 Å². The molecule has 0 aromatic carbocycles. The summed E-state index contributed by atoms with van der Waals surface area (Å²) in [5.41, 5.74) is 0. The molecule has 0 saturated carbocycles. The van der Waals surface area contributed by atoms with Crippen LogP contribution in [0.25, 0.3) is 0 Å². The highest BCUT2D eigenvalue weighted by Crippen LogP contribution is 2.40. The standard InChI is InChI=1S/C13H21NO7/c1-13(2)20-10-9(18-3)8(19-12(10)21-13)5-4-6(15)7(16)11(17)14-5/h5-10,12,15-16H,4H2,1-3H3,(H,14,17)/t5-,6-,7-,8+,9-,10+,12+/m0/s1. The lowest BCUT2D eigenvalue weighted by Gasteiger charge is -2.36. The van der Waals surface area contributed by atoms with E-state index in [4.69, 9.17) is 18.9 Å². The van der Waals surface area contributed by atoms with Gasteiger partial charge in [0.1, 0.15) is 18.3 Å². The summed E-state index contributed by atoms with van der Waals surface area (Å²) in [6, 6.07) is -0.471. The Bertz CT molecular complexity index is 429. The van der Waals surface area contributed by atoms with Gasteiger partial charge < -0.3 is 34.5 Å². The van der Waals surface area contributed by atoms with E-state index in [2.05, 4.69) is 5.32 Å². The molecule has 0 aromatic rings. The van der Waals surface area contributed by atoms with Gasteiger partial charge in [0, 0.05) is 7.11 Å². The second kappa shape index (κ2) is 5.15. The van der Waals surface area contributed by atoms with Crippen molar-refractivity contribution in [3.63, 3.8) is 0 Å². The lowest BCUT2D eigenvalue weighted by atomic mass is 9.92. The van der Waals surface area contributed by atoms with Crippen LogP contribution in [0.1, 0.15) is 20.3 Å². The molecule has 3 heterocycles. The van der Waals surface area contributed by atoms with E-state index in [-0.39, 0.29) is 6.42 Å². The average molecular weight is 303 g/mol. The number of nitrogens with one attached hydrogen (secondary N) is 1. The van der Waals surface area contributed by atoms with E-state index >= 15 is 0 Å². The van der Waals surface area contributed by atoms with E-state index in [9.17, 15) is 15.0 Å². The first-order chi connectivity index (χ1) is 9.82. The third-order valence-electron chi connectivity index (χ3n) is 4.15. The van der Waals surface area contributed by atoms with Gasteiger partial charge in [0.2, 0.25) is 0 Å². The normalized spacial score (nSPS) is 49.0. The molecule has 3 fully saturated rings. The number of aliphatic hydroxyl groups is 2. The van der Waals surface area contributed by atoms with Crippen LogP contribution in [0.5, 0.6) is 0 Å². The molecule has 7 atom stereocenters. The Labute approximate surface area is 122 Å². The zero-order chi connectivity index (χ0) is 15.4. The summed E-state index contributed by atoms with van der Waals surface area (Å²) in [6.45, 7) is 3.58. The molecular formula is C13H21NO7. The number of rotatable bonds is 2. The van der Waals surface area contributed by atoms with Gasteiger partial charge in [-0.1, -0.05) is 0 Å². The maximum atomic E-state index is 11.6. The Morgan fingerprint density at radius 1 is 1.29 bits per heavy atom. The monoisotopic (exact) mass is 303 g/mol. The summed E-state index contributed by atoms with van der Waals surface area (Å²) in [4.78, 5) is 11.6. The molecule has 1 amide bonds. The molecule has 3 N–H and O–H groups in total. The van der Waals surface area contributed by atoms with Crippen molar-refractivity contribution in [2.24, 2.45) is 0 Å². The van der Waals surface area contributed by atoms with E-state index in [1.165, 1.54) is 7.11 Å². The van der Waals surface area contributed by atoms with E-state index in [0.717, 1.165) is 0 Å². The van der Waals surface area contributed by atoms with E-state index < -0.39 is 54.5 Å². The minimum absolute atomic E-state index is 0.181. The number of hydrogen-bond acceptors (Lipinski definition) is 7. The number of piperidine rings is 1. The fourth-order valence-corrected chi connectivity index (χ4v) is 3.20. The molecule has 0 spiro atoms. The van der Waals surface area contributed by atoms with Crippen molar-refractivity contribution in [2.45, 2.75) is 68.9 Å². The largest absolute Gasteiger partial charge is 0.390 e. The third kappa shape index (κ3) is 2.56. The zero-order valence-electron chi connectivity index (χ0n) is 12.2. The molecule has 8 nitrogen and oxygen atoms in total. The molecule has 21 heavy (non-hydrogen) atoms. The molecule has 3 saturated heterocycles. The molecule has 8 heteroatoms. The zero-order valence-corrected chi connectivity index (χ0v) is 12.2. The van der Waals surface area contributed by atoms with Crippen molar-refractivity contribution in [3.8, 4) is 0 Å². The van der Waals surface area contributed by atoms with Crippen molar-refractivity contribution >= 4 is 5.91 Å². The summed E-state index contributed by atoms with van der Waals surface area (Å²) in [6.07, 6.45) is -4.25. The van der Waals surface area contributed by atoms with Crippen LogP contribution in [-0.2, 0) is 23.7 Å². The number of amides is 1. The highest BCUT2D eigenvalue weighted by atomic mass is 16.8. The topological polar surface area (TPSA) is 106 Å². The molecule has 0 bridgehead atoms. The molecule has 120 valence electrons. The summed E-state index contributed by atoms with van der Waals surface area (Å²) in [5.74, 6) is -1.36. The van der Waals surface area contributed by atoms with Crippen LogP contribution < -0.4 is 5.32 Å². The minimum Gasteiger partial charge on any atom is -0.390 e. The highest BCUT2D eigenvalue weighted by molar-refractivity contribution is 5.82. The highest BCUT2D eigenvalue weighted by Gasteiger charge is 2.57. The quantitative estimate of drug-likeness (QED) is 0.569. The fourth-order valence-electron chi connectivity index (χ4n) is 3.20. The second-order valence-electron chi connectivity index (χ2n) is 6.13. The number of hydrogen-bond donors (Lipinski definition) is 3. The molecule has 0 aliphatic carbocycles. The predicted molar refractivity (Wildman–Crippen MR) is 68.1 cm³/mol. The lowest BCUT2D eigenvalue weighted by Crippen LogP contribution is -2.60. The summed E-state index contributed by atoms with van der Waals surface area (Å²) >= 11 is 0. The maximum absolute atomic E-state index is 11.6. The fraction of sp³-hybridized carbons (Fsp3) is 0.923. The van der Waals surface area contributed by atoms with Crippen molar-refractivity contribution in [1.82, 2.24) is 5.32 Å².